The molecule has 2 heterocycles. The summed E-state index contributed by atoms with van der Waals surface area (Å²) in [6, 6.07) is 15.9. The number of carbonyl (C=O) groups is 1. The average Bonchev–Trinajstić information content (AvgIpc) is 3.43. The SMILES string of the molecule is CCCCCc1ccc(C(=O)N2CCCC2c2nc(-c3cccc(C)c3)no2)cc1. The minimum Gasteiger partial charge on any atom is -0.337 e. The molecule has 156 valence electrons. The second-order valence-corrected chi connectivity index (χ2v) is 8.14. The summed E-state index contributed by atoms with van der Waals surface area (Å²) >= 11 is 0. The monoisotopic (exact) mass is 403 g/mol. The predicted octanol–water partition coefficient (Wildman–Crippen LogP) is 5.76. The van der Waals surface area contributed by atoms with Gasteiger partial charge in [-0.05, 0) is 56.4 Å². The van der Waals surface area contributed by atoms with Crippen molar-refractivity contribution in [3.05, 3.63) is 71.1 Å². The van der Waals surface area contributed by atoms with E-state index >= 15 is 0 Å². The van der Waals surface area contributed by atoms with E-state index in [0.717, 1.165) is 36.0 Å². The number of amides is 1. The van der Waals surface area contributed by atoms with Crippen LogP contribution in [-0.4, -0.2) is 27.5 Å². The number of aryl methyl sites for hydroxylation is 2. The Hall–Kier alpha value is -2.95. The lowest BCUT2D eigenvalue weighted by Crippen LogP contribution is -2.30. The number of carbonyl (C=O) groups excluding carboxylic acids is 1. The lowest BCUT2D eigenvalue weighted by Gasteiger charge is -2.22. The first-order chi connectivity index (χ1) is 14.7. The van der Waals surface area contributed by atoms with Gasteiger partial charge in [0.2, 0.25) is 11.7 Å². The van der Waals surface area contributed by atoms with Gasteiger partial charge in [-0.15, -0.1) is 0 Å². The van der Waals surface area contributed by atoms with Crippen molar-refractivity contribution in [3.63, 3.8) is 0 Å². The molecule has 1 saturated heterocycles. The van der Waals surface area contributed by atoms with Gasteiger partial charge in [-0.1, -0.05) is 60.8 Å². The van der Waals surface area contributed by atoms with Gasteiger partial charge in [-0.25, -0.2) is 0 Å². The van der Waals surface area contributed by atoms with Crippen LogP contribution in [0.25, 0.3) is 11.4 Å². The van der Waals surface area contributed by atoms with Crippen molar-refractivity contribution in [3.8, 4) is 11.4 Å². The first-order valence-electron chi connectivity index (χ1n) is 11.0. The van der Waals surface area contributed by atoms with Crippen molar-refractivity contribution in [2.75, 3.05) is 6.54 Å². The number of hydrogen-bond donors (Lipinski definition) is 0. The molecule has 5 heteroatoms. The summed E-state index contributed by atoms with van der Waals surface area (Å²) in [4.78, 5) is 19.6. The summed E-state index contributed by atoms with van der Waals surface area (Å²) in [5.41, 5.74) is 4.09. The van der Waals surface area contributed by atoms with Crippen LogP contribution in [0.15, 0.2) is 53.1 Å². The fraction of sp³-hybridized carbons (Fsp3) is 0.400. The van der Waals surface area contributed by atoms with Gasteiger partial charge in [0.15, 0.2) is 0 Å². The van der Waals surface area contributed by atoms with Crippen molar-refractivity contribution in [1.29, 1.82) is 0 Å². The molecule has 2 aromatic carbocycles. The summed E-state index contributed by atoms with van der Waals surface area (Å²) in [6.07, 6.45) is 6.50. The molecule has 1 aliphatic heterocycles. The topological polar surface area (TPSA) is 59.2 Å². The van der Waals surface area contributed by atoms with Crippen LogP contribution in [0, 0.1) is 6.92 Å². The Labute approximate surface area is 178 Å². The van der Waals surface area contributed by atoms with E-state index in [4.69, 9.17) is 4.52 Å². The second kappa shape index (κ2) is 9.24. The molecule has 1 aromatic heterocycles. The van der Waals surface area contributed by atoms with E-state index in [-0.39, 0.29) is 11.9 Å². The van der Waals surface area contributed by atoms with Gasteiger partial charge in [0.1, 0.15) is 6.04 Å². The van der Waals surface area contributed by atoms with Gasteiger partial charge >= 0.3 is 0 Å². The molecule has 3 aromatic rings. The lowest BCUT2D eigenvalue weighted by molar-refractivity contribution is 0.0710. The third-order valence-corrected chi connectivity index (χ3v) is 5.79. The molecular weight excluding hydrogens is 374 g/mol. The highest BCUT2D eigenvalue weighted by molar-refractivity contribution is 5.94. The zero-order valence-electron chi connectivity index (χ0n) is 17.8. The minimum absolute atomic E-state index is 0.0351. The van der Waals surface area contributed by atoms with Gasteiger partial charge in [-0.3, -0.25) is 4.79 Å². The van der Waals surface area contributed by atoms with Gasteiger partial charge < -0.3 is 9.42 Å². The quantitative estimate of drug-likeness (QED) is 0.471. The number of unbranched alkanes of at least 4 members (excludes halogenated alkanes) is 2. The van der Waals surface area contributed by atoms with Crippen LogP contribution in [0.5, 0.6) is 0 Å². The Kier molecular flexibility index (Phi) is 6.26. The fourth-order valence-electron chi connectivity index (χ4n) is 4.10. The van der Waals surface area contributed by atoms with Crippen LogP contribution in [0.1, 0.15) is 72.4 Å². The molecule has 0 bridgehead atoms. The maximum Gasteiger partial charge on any atom is 0.254 e. The first-order valence-corrected chi connectivity index (χ1v) is 11.0. The molecule has 1 aliphatic rings. The molecule has 0 spiro atoms. The minimum atomic E-state index is -0.159. The van der Waals surface area contributed by atoms with Gasteiger partial charge in [0, 0.05) is 17.7 Å². The Balaban J connectivity index is 1.48. The average molecular weight is 404 g/mol. The molecule has 0 aliphatic carbocycles. The van der Waals surface area contributed by atoms with E-state index in [0.29, 0.717) is 18.3 Å². The number of aromatic nitrogens is 2. The Morgan fingerprint density at radius 2 is 2.00 bits per heavy atom. The standard InChI is InChI=1S/C25H29N3O2/c1-3-4-5-9-19-12-14-20(15-13-19)25(29)28-16-7-11-22(28)24-26-23(27-30-24)21-10-6-8-18(2)17-21/h6,8,10,12-15,17,22H,3-5,7,9,11,16H2,1-2H3. The normalized spacial score (nSPS) is 16.2. The van der Waals surface area contributed by atoms with Gasteiger partial charge in [0.25, 0.3) is 5.91 Å². The van der Waals surface area contributed by atoms with Crippen molar-refractivity contribution in [1.82, 2.24) is 15.0 Å². The number of nitrogens with zero attached hydrogens (tertiary/aromatic N) is 3. The van der Waals surface area contributed by atoms with Crippen molar-refractivity contribution < 1.29 is 9.32 Å². The lowest BCUT2D eigenvalue weighted by atomic mass is 10.0. The van der Waals surface area contributed by atoms with E-state index in [9.17, 15) is 4.79 Å². The van der Waals surface area contributed by atoms with E-state index in [2.05, 4.69) is 29.2 Å². The molecular formula is C25H29N3O2. The zero-order valence-corrected chi connectivity index (χ0v) is 17.8. The molecule has 5 nitrogen and oxygen atoms in total. The van der Waals surface area contributed by atoms with Crippen LogP contribution in [0.2, 0.25) is 0 Å². The van der Waals surface area contributed by atoms with Crippen LogP contribution in [0.3, 0.4) is 0 Å². The number of rotatable bonds is 7. The zero-order chi connectivity index (χ0) is 20.9. The van der Waals surface area contributed by atoms with Crippen molar-refractivity contribution in [2.24, 2.45) is 0 Å². The van der Waals surface area contributed by atoms with E-state index < -0.39 is 0 Å². The number of benzene rings is 2. The van der Waals surface area contributed by atoms with Crippen LogP contribution >= 0.6 is 0 Å². The van der Waals surface area contributed by atoms with Gasteiger partial charge in [-0.2, -0.15) is 4.98 Å². The molecule has 0 saturated carbocycles. The Morgan fingerprint density at radius 1 is 1.17 bits per heavy atom. The molecule has 0 radical (unpaired) electrons. The molecule has 0 N–H and O–H groups in total. The molecule has 1 fully saturated rings. The molecule has 30 heavy (non-hydrogen) atoms. The summed E-state index contributed by atoms with van der Waals surface area (Å²) in [5.74, 6) is 1.13. The van der Waals surface area contributed by atoms with Crippen LogP contribution in [0.4, 0.5) is 0 Å². The van der Waals surface area contributed by atoms with Crippen molar-refractivity contribution in [2.45, 2.75) is 58.4 Å². The third-order valence-electron chi connectivity index (χ3n) is 5.79. The molecule has 1 amide bonds. The summed E-state index contributed by atoms with van der Waals surface area (Å²) in [6.45, 7) is 4.96. The third kappa shape index (κ3) is 4.45. The fourth-order valence-corrected chi connectivity index (χ4v) is 4.10. The molecule has 1 unspecified atom stereocenters. The number of hydrogen-bond acceptors (Lipinski definition) is 4. The summed E-state index contributed by atoms with van der Waals surface area (Å²) in [7, 11) is 0. The first kappa shape index (κ1) is 20.3. The highest BCUT2D eigenvalue weighted by atomic mass is 16.5. The smallest absolute Gasteiger partial charge is 0.254 e. The maximum absolute atomic E-state index is 13.2. The Morgan fingerprint density at radius 3 is 2.77 bits per heavy atom. The highest BCUT2D eigenvalue weighted by Crippen LogP contribution is 2.33. The van der Waals surface area contributed by atoms with E-state index in [1.165, 1.54) is 24.8 Å². The molecule has 4 rings (SSSR count). The maximum atomic E-state index is 13.2. The summed E-state index contributed by atoms with van der Waals surface area (Å²) < 4.78 is 5.58. The van der Waals surface area contributed by atoms with E-state index in [1.54, 1.807) is 0 Å². The predicted molar refractivity (Wildman–Crippen MR) is 117 cm³/mol. The van der Waals surface area contributed by atoms with Crippen LogP contribution in [-0.2, 0) is 6.42 Å². The summed E-state index contributed by atoms with van der Waals surface area (Å²) in [5, 5.41) is 4.16. The second-order valence-electron chi connectivity index (χ2n) is 8.14. The Bertz CT molecular complexity index is 994. The van der Waals surface area contributed by atoms with Gasteiger partial charge in [0.05, 0.1) is 0 Å². The number of likely N-dealkylation sites (tertiary alicyclic amines) is 1. The van der Waals surface area contributed by atoms with E-state index in [1.807, 2.05) is 48.2 Å². The largest absolute Gasteiger partial charge is 0.337 e. The molecule has 1 atom stereocenters. The highest BCUT2D eigenvalue weighted by Gasteiger charge is 2.34. The van der Waals surface area contributed by atoms with Crippen molar-refractivity contribution >= 4 is 5.91 Å². The van der Waals surface area contributed by atoms with Crippen LogP contribution < -0.4 is 0 Å².